The lowest BCUT2D eigenvalue weighted by molar-refractivity contribution is 0.0923. The number of anilines is 1. The molecule has 82 valence electrons. The molecule has 0 spiro atoms. The molecule has 4 nitrogen and oxygen atoms in total. The average Bonchev–Trinajstić information content (AvgIpc) is 2.81. The summed E-state index contributed by atoms with van der Waals surface area (Å²) >= 11 is 0. The SMILES string of the molecule is Nc1ccc(CNC(=O)c2ccco2)cc1. The quantitative estimate of drug-likeness (QED) is 0.768. The number of benzene rings is 1. The van der Waals surface area contributed by atoms with Crippen LogP contribution in [-0.2, 0) is 6.54 Å². The Hall–Kier alpha value is -2.23. The van der Waals surface area contributed by atoms with Crippen LogP contribution < -0.4 is 11.1 Å². The Morgan fingerprint density at radius 1 is 1.25 bits per heavy atom. The van der Waals surface area contributed by atoms with E-state index in [2.05, 4.69) is 5.32 Å². The molecule has 4 heteroatoms. The van der Waals surface area contributed by atoms with E-state index >= 15 is 0 Å². The molecule has 2 rings (SSSR count). The molecule has 16 heavy (non-hydrogen) atoms. The van der Waals surface area contributed by atoms with Crippen LogP contribution in [0.25, 0.3) is 0 Å². The van der Waals surface area contributed by atoms with E-state index in [0.29, 0.717) is 18.0 Å². The van der Waals surface area contributed by atoms with Gasteiger partial charge in [-0.05, 0) is 29.8 Å². The van der Waals surface area contributed by atoms with Crippen molar-refractivity contribution in [1.29, 1.82) is 0 Å². The van der Waals surface area contributed by atoms with E-state index in [0.717, 1.165) is 5.56 Å². The normalized spacial score (nSPS) is 10.0. The van der Waals surface area contributed by atoms with Gasteiger partial charge in [-0.1, -0.05) is 12.1 Å². The lowest BCUT2D eigenvalue weighted by Crippen LogP contribution is -2.22. The highest BCUT2D eigenvalue weighted by molar-refractivity contribution is 5.91. The molecular weight excluding hydrogens is 204 g/mol. The minimum atomic E-state index is -0.221. The number of carbonyl (C=O) groups is 1. The molecule has 2 aromatic rings. The summed E-state index contributed by atoms with van der Waals surface area (Å²) < 4.78 is 4.97. The molecule has 0 bridgehead atoms. The maximum absolute atomic E-state index is 11.5. The van der Waals surface area contributed by atoms with Crippen LogP contribution in [-0.4, -0.2) is 5.91 Å². The number of rotatable bonds is 3. The summed E-state index contributed by atoms with van der Waals surface area (Å²) in [5.74, 6) is 0.0947. The first-order chi connectivity index (χ1) is 7.75. The van der Waals surface area contributed by atoms with Crippen LogP contribution in [0.15, 0.2) is 47.1 Å². The minimum absolute atomic E-state index is 0.221. The molecule has 1 aromatic heterocycles. The predicted octanol–water partition coefficient (Wildman–Crippen LogP) is 1.79. The summed E-state index contributed by atoms with van der Waals surface area (Å²) in [7, 11) is 0. The fourth-order valence-corrected chi connectivity index (χ4v) is 1.31. The first-order valence-corrected chi connectivity index (χ1v) is 4.92. The van der Waals surface area contributed by atoms with Crippen molar-refractivity contribution in [2.45, 2.75) is 6.54 Å². The van der Waals surface area contributed by atoms with Gasteiger partial charge in [0.15, 0.2) is 5.76 Å². The van der Waals surface area contributed by atoms with Gasteiger partial charge in [0.05, 0.1) is 6.26 Å². The molecule has 0 radical (unpaired) electrons. The second-order valence-electron chi connectivity index (χ2n) is 3.40. The van der Waals surface area contributed by atoms with Crippen LogP contribution in [0.3, 0.4) is 0 Å². The monoisotopic (exact) mass is 216 g/mol. The first-order valence-electron chi connectivity index (χ1n) is 4.92. The van der Waals surface area contributed by atoms with Crippen molar-refractivity contribution in [1.82, 2.24) is 5.32 Å². The van der Waals surface area contributed by atoms with Crippen LogP contribution >= 0.6 is 0 Å². The van der Waals surface area contributed by atoms with E-state index in [1.165, 1.54) is 6.26 Å². The Labute approximate surface area is 93.1 Å². The number of nitrogens with one attached hydrogen (secondary N) is 1. The van der Waals surface area contributed by atoms with Gasteiger partial charge in [-0.3, -0.25) is 4.79 Å². The van der Waals surface area contributed by atoms with E-state index in [1.54, 1.807) is 24.3 Å². The van der Waals surface area contributed by atoms with Gasteiger partial charge in [0, 0.05) is 12.2 Å². The Kier molecular flexibility index (Phi) is 2.91. The summed E-state index contributed by atoms with van der Waals surface area (Å²) in [5.41, 5.74) is 7.26. The second-order valence-corrected chi connectivity index (χ2v) is 3.40. The van der Waals surface area contributed by atoms with Crippen molar-refractivity contribution in [3.05, 3.63) is 54.0 Å². The van der Waals surface area contributed by atoms with Crippen molar-refractivity contribution in [2.75, 3.05) is 5.73 Å². The molecule has 0 saturated carbocycles. The smallest absolute Gasteiger partial charge is 0.287 e. The standard InChI is InChI=1S/C12H12N2O2/c13-10-5-3-9(4-6-10)8-14-12(15)11-2-1-7-16-11/h1-7H,8,13H2,(H,14,15). The van der Waals surface area contributed by atoms with Gasteiger partial charge < -0.3 is 15.5 Å². The van der Waals surface area contributed by atoms with E-state index in [-0.39, 0.29) is 5.91 Å². The van der Waals surface area contributed by atoms with Gasteiger partial charge in [-0.15, -0.1) is 0 Å². The number of hydrogen-bond acceptors (Lipinski definition) is 3. The Morgan fingerprint density at radius 3 is 2.62 bits per heavy atom. The van der Waals surface area contributed by atoms with Crippen molar-refractivity contribution in [2.24, 2.45) is 0 Å². The number of amides is 1. The lowest BCUT2D eigenvalue weighted by Gasteiger charge is -2.03. The molecule has 1 aromatic carbocycles. The largest absolute Gasteiger partial charge is 0.459 e. The van der Waals surface area contributed by atoms with Gasteiger partial charge >= 0.3 is 0 Å². The van der Waals surface area contributed by atoms with Crippen LogP contribution in [0.4, 0.5) is 5.69 Å². The Morgan fingerprint density at radius 2 is 2.00 bits per heavy atom. The third-order valence-electron chi connectivity index (χ3n) is 2.18. The van der Waals surface area contributed by atoms with E-state index < -0.39 is 0 Å². The maximum Gasteiger partial charge on any atom is 0.287 e. The van der Waals surface area contributed by atoms with Crippen LogP contribution in [0.1, 0.15) is 16.1 Å². The molecule has 0 aliphatic rings. The Balaban J connectivity index is 1.93. The minimum Gasteiger partial charge on any atom is -0.459 e. The van der Waals surface area contributed by atoms with Gasteiger partial charge in [0.2, 0.25) is 0 Å². The first kappa shape index (κ1) is 10.3. The van der Waals surface area contributed by atoms with Crippen molar-refractivity contribution >= 4 is 11.6 Å². The lowest BCUT2D eigenvalue weighted by atomic mass is 10.2. The third kappa shape index (κ3) is 2.42. The molecule has 0 saturated heterocycles. The molecular formula is C12H12N2O2. The van der Waals surface area contributed by atoms with Gasteiger partial charge in [-0.2, -0.15) is 0 Å². The summed E-state index contributed by atoms with van der Waals surface area (Å²) in [6, 6.07) is 10.6. The summed E-state index contributed by atoms with van der Waals surface area (Å²) in [5, 5.41) is 2.75. The number of furan rings is 1. The van der Waals surface area contributed by atoms with Gasteiger partial charge in [-0.25, -0.2) is 0 Å². The molecule has 3 N–H and O–H groups in total. The van der Waals surface area contributed by atoms with Crippen molar-refractivity contribution < 1.29 is 9.21 Å². The summed E-state index contributed by atoms with van der Waals surface area (Å²) in [4.78, 5) is 11.5. The van der Waals surface area contributed by atoms with Crippen molar-refractivity contribution in [3.63, 3.8) is 0 Å². The number of carbonyl (C=O) groups excluding carboxylic acids is 1. The highest BCUT2D eigenvalue weighted by Gasteiger charge is 2.06. The summed E-state index contributed by atoms with van der Waals surface area (Å²) in [6.45, 7) is 0.458. The Bertz CT molecular complexity index is 460. The predicted molar refractivity (Wildman–Crippen MR) is 60.7 cm³/mol. The highest BCUT2D eigenvalue weighted by atomic mass is 16.3. The number of hydrogen-bond donors (Lipinski definition) is 2. The van der Waals surface area contributed by atoms with Crippen LogP contribution in [0.2, 0.25) is 0 Å². The maximum atomic E-state index is 11.5. The average molecular weight is 216 g/mol. The van der Waals surface area contributed by atoms with E-state index in [1.807, 2.05) is 12.1 Å². The van der Waals surface area contributed by atoms with E-state index in [4.69, 9.17) is 10.2 Å². The van der Waals surface area contributed by atoms with Crippen LogP contribution in [0.5, 0.6) is 0 Å². The highest BCUT2D eigenvalue weighted by Crippen LogP contribution is 2.05. The zero-order valence-electron chi connectivity index (χ0n) is 8.64. The third-order valence-corrected chi connectivity index (χ3v) is 2.18. The van der Waals surface area contributed by atoms with Crippen molar-refractivity contribution in [3.8, 4) is 0 Å². The molecule has 0 aliphatic carbocycles. The zero-order valence-corrected chi connectivity index (χ0v) is 8.64. The topological polar surface area (TPSA) is 68.3 Å². The second kappa shape index (κ2) is 4.53. The van der Waals surface area contributed by atoms with Gasteiger partial charge in [0.1, 0.15) is 0 Å². The molecule has 1 heterocycles. The van der Waals surface area contributed by atoms with Crippen LogP contribution in [0, 0.1) is 0 Å². The van der Waals surface area contributed by atoms with E-state index in [9.17, 15) is 4.79 Å². The molecule has 0 aliphatic heterocycles. The molecule has 0 unspecified atom stereocenters. The summed E-state index contributed by atoms with van der Waals surface area (Å²) in [6.07, 6.45) is 1.47. The molecule has 0 fully saturated rings. The fourth-order valence-electron chi connectivity index (χ4n) is 1.31. The van der Waals surface area contributed by atoms with Gasteiger partial charge in [0.25, 0.3) is 5.91 Å². The number of nitrogens with two attached hydrogens (primary N) is 1. The number of nitrogen functional groups attached to an aromatic ring is 1. The zero-order chi connectivity index (χ0) is 11.4. The molecule has 1 amide bonds. The molecule has 0 atom stereocenters. The fraction of sp³-hybridized carbons (Fsp3) is 0.0833.